The predicted molar refractivity (Wildman–Crippen MR) is 76.6 cm³/mol. The summed E-state index contributed by atoms with van der Waals surface area (Å²) in [5.41, 5.74) is -0.144. The molecule has 1 aromatic heterocycles. The summed E-state index contributed by atoms with van der Waals surface area (Å²) in [6, 6.07) is 4.62. The monoisotopic (exact) mass is 278 g/mol. The summed E-state index contributed by atoms with van der Waals surface area (Å²) in [5, 5.41) is 13.0. The van der Waals surface area contributed by atoms with Crippen molar-refractivity contribution >= 4 is 5.91 Å². The Balaban J connectivity index is 2.05. The first kappa shape index (κ1) is 14.8. The van der Waals surface area contributed by atoms with Gasteiger partial charge in [0.25, 0.3) is 11.5 Å². The van der Waals surface area contributed by atoms with Gasteiger partial charge < -0.3 is 15.0 Å². The molecule has 1 saturated carbocycles. The average Bonchev–Trinajstić information content (AvgIpc) is 2.43. The van der Waals surface area contributed by atoms with Gasteiger partial charge >= 0.3 is 0 Å². The third-order valence-electron chi connectivity index (χ3n) is 4.35. The Hall–Kier alpha value is -1.62. The summed E-state index contributed by atoms with van der Waals surface area (Å²) >= 11 is 0. The van der Waals surface area contributed by atoms with Gasteiger partial charge in [0.05, 0.1) is 6.10 Å². The molecule has 0 saturated heterocycles. The number of carbonyl (C=O) groups excluding carboxylic acids is 1. The van der Waals surface area contributed by atoms with Gasteiger partial charge in [-0.3, -0.25) is 9.59 Å². The zero-order valence-corrected chi connectivity index (χ0v) is 12.1. The van der Waals surface area contributed by atoms with Crippen molar-refractivity contribution in [2.45, 2.75) is 38.7 Å². The molecule has 5 nitrogen and oxygen atoms in total. The zero-order chi connectivity index (χ0) is 14.8. The lowest BCUT2D eigenvalue weighted by Gasteiger charge is -2.38. The third-order valence-corrected chi connectivity index (χ3v) is 4.35. The predicted octanol–water partition coefficient (Wildman–Crippen LogP) is 1.06. The van der Waals surface area contributed by atoms with Crippen LogP contribution >= 0.6 is 0 Å². The lowest BCUT2D eigenvalue weighted by Crippen LogP contribution is -2.45. The second kappa shape index (κ2) is 5.79. The molecule has 2 N–H and O–H groups in total. The van der Waals surface area contributed by atoms with Crippen LogP contribution in [0.1, 0.15) is 43.1 Å². The van der Waals surface area contributed by atoms with Gasteiger partial charge in [0.1, 0.15) is 5.69 Å². The van der Waals surface area contributed by atoms with Crippen molar-refractivity contribution in [3.63, 3.8) is 0 Å². The summed E-state index contributed by atoms with van der Waals surface area (Å²) < 4.78 is 1.33. The number of hydrogen-bond acceptors (Lipinski definition) is 3. The minimum absolute atomic E-state index is 0.207. The van der Waals surface area contributed by atoms with Crippen molar-refractivity contribution in [2.24, 2.45) is 12.5 Å². The molecule has 1 amide bonds. The number of nitrogens with one attached hydrogen (secondary N) is 1. The maximum absolute atomic E-state index is 12.2. The molecule has 0 aromatic carbocycles. The minimum Gasteiger partial charge on any atom is -0.392 e. The number of nitrogens with zero attached hydrogens (tertiary/aromatic N) is 1. The van der Waals surface area contributed by atoms with Gasteiger partial charge in [0, 0.05) is 25.1 Å². The van der Waals surface area contributed by atoms with Crippen molar-refractivity contribution < 1.29 is 9.90 Å². The number of amides is 1. The van der Waals surface area contributed by atoms with E-state index in [1.807, 2.05) is 6.92 Å². The molecule has 1 fully saturated rings. The molecule has 2 atom stereocenters. The number of aromatic nitrogens is 1. The standard InChI is InChI=1S/C15H22N2O3/c1-15(9-4-3-7-12(15)18)10-16-14(20)11-6-5-8-13(19)17(11)2/h5-6,8,12,18H,3-4,7,9-10H2,1-2H3,(H,16,20). The summed E-state index contributed by atoms with van der Waals surface area (Å²) in [4.78, 5) is 23.7. The number of rotatable bonds is 3. The van der Waals surface area contributed by atoms with Crippen LogP contribution in [0.15, 0.2) is 23.0 Å². The van der Waals surface area contributed by atoms with E-state index < -0.39 is 0 Å². The van der Waals surface area contributed by atoms with E-state index in [-0.39, 0.29) is 23.0 Å². The van der Waals surface area contributed by atoms with Crippen molar-refractivity contribution in [2.75, 3.05) is 6.54 Å². The first-order valence-corrected chi connectivity index (χ1v) is 7.06. The van der Waals surface area contributed by atoms with Gasteiger partial charge in [-0.15, -0.1) is 0 Å². The highest BCUT2D eigenvalue weighted by Crippen LogP contribution is 2.35. The van der Waals surface area contributed by atoms with E-state index in [0.717, 1.165) is 25.7 Å². The summed E-state index contributed by atoms with van der Waals surface area (Å²) in [5.74, 6) is -0.274. The van der Waals surface area contributed by atoms with Gasteiger partial charge in [-0.1, -0.05) is 25.8 Å². The van der Waals surface area contributed by atoms with Crippen LogP contribution in [0, 0.1) is 5.41 Å². The summed E-state index contributed by atoms with van der Waals surface area (Å²) in [7, 11) is 1.58. The van der Waals surface area contributed by atoms with Crippen LogP contribution in [-0.2, 0) is 7.05 Å². The lowest BCUT2D eigenvalue weighted by molar-refractivity contribution is 0.00185. The van der Waals surface area contributed by atoms with Crippen molar-refractivity contribution in [1.82, 2.24) is 9.88 Å². The van der Waals surface area contributed by atoms with Gasteiger partial charge in [-0.05, 0) is 18.9 Å². The first-order chi connectivity index (χ1) is 9.44. The van der Waals surface area contributed by atoms with Crippen LogP contribution in [0.3, 0.4) is 0 Å². The number of pyridine rings is 1. The van der Waals surface area contributed by atoms with Gasteiger partial charge in [0.2, 0.25) is 0 Å². The Morgan fingerprint density at radius 2 is 2.25 bits per heavy atom. The Morgan fingerprint density at radius 1 is 1.50 bits per heavy atom. The Kier molecular flexibility index (Phi) is 4.28. The Labute approximate surface area is 118 Å². The van der Waals surface area contributed by atoms with E-state index in [1.54, 1.807) is 19.2 Å². The quantitative estimate of drug-likeness (QED) is 0.868. The fourth-order valence-electron chi connectivity index (χ4n) is 2.75. The van der Waals surface area contributed by atoms with Crippen molar-refractivity contribution in [3.05, 3.63) is 34.2 Å². The molecule has 0 spiro atoms. The molecule has 0 bridgehead atoms. The van der Waals surface area contributed by atoms with E-state index in [1.165, 1.54) is 10.6 Å². The van der Waals surface area contributed by atoms with Gasteiger partial charge in [-0.2, -0.15) is 0 Å². The fourth-order valence-corrected chi connectivity index (χ4v) is 2.75. The topological polar surface area (TPSA) is 71.3 Å². The van der Waals surface area contributed by atoms with Gasteiger partial charge in [0.15, 0.2) is 0 Å². The highest BCUT2D eigenvalue weighted by molar-refractivity contribution is 5.92. The van der Waals surface area contributed by atoms with Crippen molar-refractivity contribution in [1.29, 1.82) is 0 Å². The molecular formula is C15H22N2O3. The third kappa shape index (κ3) is 2.93. The normalized spacial score (nSPS) is 26.2. The number of hydrogen-bond donors (Lipinski definition) is 2. The highest BCUT2D eigenvalue weighted by Gasteiger charge is 2.35. The van der Waals surface area contributed by atoms with E-state index in [0.29, 0.717) is 12.2 Å². The smallest absolute Gasteiger partial charge is 0.268 e. The Bertz CT molecular complexity index is 552. The summed E-state index contributed by atoms with van der Waals surface area (Å²) in [6.07, 6.45) is 3.43. The van der Waals surface area contributed by atoms with Crippen LogP contribution in [-0.4, -0.2) is 28.2 Å². The summed E-state index contributed by atoms with van der Waals surface area (Å²) in [6.45, 7) is 2.43. The van der Waals surface area contributed by atoms with Crippen LogP contribution < -0.4 is 10.9 Å². The maximum atomic E-state index is 12.2. The molecule has 0 aliphatic heterocycles. The van der Waals surface area contributed by atoms with Crippen LogP contribution in [0.4, 0.5) is 0 Å². The highest BCUT2D eigenvalue weighted by atomic mass is 16.3. The second-order valence-corrected chi connectivity index (χ2v) is 5.91. The molecule has 110 valence electrons. The molecule has 5 heteroatoms. The van der Waals surface area contributed by atoms with E-state index in [4.69, 9.17) is 0 Å². The SMILES string of the molecule is Cn1c(C(=O)NCC2(C)CCCCC2O)cccc1=O. The van der Waals surface area contributed by atoms with Crippen molar-refractivity contribution in [3.8, 4) is 0 Å². The molecule has 1 heterocycles. The van der Waals surface area contributed by atoms with E-state index >= 15 is 0 Å². The second-order valence-electron chi connectivity index (χ2n) is 5.91. The lowest BCUT2D eigenvalue weighted by atomic mass is 9.73. The molecule has 2 unspecified atom stereocenters. The number of aliphatic hydroxyl groups is 1. The first-order valence-electron chi connectivity index (χ1n) is 7.06. The molecule has 1 aromatic rings. The molecule has 1 aliphatic rings. The molecule has 20 heavy (non-hydrogen) atoms. The maximum Gasteiger partial charge on any atom is 0.268 e. The Morgan fingerprint density at radius 3 is 2.95 bits per heavy atom. The minimum atomic E-state index is -0.379. The van der Waals surface area contributed by atoms with Gasteiger partial charge in [-0.25, -0.2) is 0 Å². The molecule has 1 aliphatic carbocycles. The average molecular weight is 278 g/mol. The zero-order valence-electron chi connectivity index (χ0n) is 12.1. The van der Waals surface area contributed by atoms with Crippen LogP contribution in [0.2, 0.25) is 0 Å². The largest absolute Gasteiger partial charge is 0.392 e. The van der Waals surface area contributed by atoms with E-state index in [9.17, 15) is 14.7 Å². The fraction of sp³-hybridized carbons (Fsp3) is 0.600. The van der Waals surface area contributed by atoms with E-state index in [2.05, 4.69) is 5.32 Å². The van der Waals surface area contributed by atoms with Crippen LogP contribution in [0.25, 0.3) is 0 Å². The van der Waals surface area contributed by atoms with Crippen LogP contribution in [0.5, 0.6) is 0 Å². The number of aliphatic hydroxyl groups excluding tert-OH is 1. The molecular weight excluding hydrogens is 256 g/mol. The number of carbonyl (C=O) groups is 1. The molecule has 2 rings (SSSR count). The molecule has 0 radical (unpaired) electrons.